The highest BCUT2D eigenvalue weighted by molar-refractivity contribution is 5.42. The first-order valence-corrected chi connectivity index (χ1v) is 3.56. The van der Waals surface area contributed by atoms with Crippen LogP contribution in [0.15, 0.2) is 11.1 Å². The minimum Gasteiger partial charge on any atom is -0.374 e. The SMILES string of the molecule is COC(C)(C)C(C)=C(C#N)C#N. The average molecular weight is 164 g/mol. The zero-order valence-electron chi connectivity index (χ0n) is 7.80. The van der Waals surface area contributed by atoms with Crippen molar-refractivity contribution in [2.75, 3.05) is 7.11 Å². The topological polar surface area (TPSA) is 56.8 Å². The van der Waals surface area contributed by atoms with Crippen molar-refractivity contribution >= 4 is 0 Å². The summed E-state index contributed by atoms with van der Waals surface area (Å²) in [4.78, 5) is 0. The minimum absolute atomic E-state index is 0.127. The molecule has 0 aromatic heterocycles. The molecule has 0 atom stereocenters. The van der Waals surface area contributed by atoms with Gasteiger partial charge in [-0.2, -0.15) is 10.5 Å². The van der Waals surface area contributed by atoms with Crippen LogP contribution in [-0.4, -0.2) is 12.7 Å². The summed E-state index contributed by atoms with van der Waals surface area (Å²) in [7, 11) is 1.55. The lowest BCUT2D eigenvalue weighted by Crippen LogP contribution is -2.24. The predicted molar refractivity (Wildman–Crippen MR) is 45.0 cm³/mol. The van der Waals surface area contributed by atoms with Gasteiger partial charge in [0, 0.05) is 7.11 Å². The first-order valence-electron chi connectivity index (χ1n) is 3.56. The van der Waals surface area contributed by atoms with Gasteiger partial charge in [0.2, 0.25) is 0 Å². The van der Waals surface area contributed by atoms with Crippen LogP contribution in [0.4, 0.5) is 0 Å². The molecule has 0 aromatic carbocycles. The Morgan fingerprint density at radius 2 is 1.67 bits per heavy atom. The molecule has 12 heavy (non-hydrogen) atoms. The highest BCUT2D eigenvalue weighted by Crippen LogP contribution is 2.21. The van der Waals surface area contributed by atoms with Gasteiger partial charge in [-0.3, -0.25) is 0 Å². The second kappa shape index (κ2) is 3.90. The monoisotopic (exact) mass is 164 g/mol. The largest absolute Gasteiger partial charge is 0.374 e. The van der Waals surface area contributed by atoms with Crippen LogP contribution in [-0.2, 0) is 4.74 Å². The van der Waals surface area contributed by atoms with E-state index in [1.807, 2.05) is 26.0 Å². The summed E-state index contributed by atoms with van der Waals surface area (Å²) in [6, 6.07) is 3.66. The van der Waals surface area contributed by atoms with E-state index in [1.54, 1.807) is 14.0 Å². The van der Waals surface area contributed by atoms with Crippen LogP contribution in [0.3, 0.4) is 0 Å². The lowest BCUT2D eigenvalue weighted by atomic mass is 9.95. The Kier molecular flexibility index (Phi) is 3.47. The smallest absolute Gasteiger partial charge is 0.131 e. The van der Waals surface area contributed by atoms with Crippen molar-refractivity contribution in [2.45, 2.75) is 26.4 Å². The van der Waals surface area contributed by atoms with Crippen molar-refractivity contribution < 1.29 is 4.74 Å². The predicted octanol–water partition coefficient (Wildman–Crippen LogP) is 1.78. The number of nitrogens with zero attached hydrogens (tertiary/aromatic N) is 2. The molecule has 3 nitrogen and oxygen atoms in total. The molecule has 0 aromatic rings. The van der Waals surface area contributed by atoms with E-state index in [-0.39, 0.29) is 5.57 Å². The second-order valence-electron chi connectivity index (χ2n) is 2.94. The maximum Gasteiger partial charge on any atom is 0.131 e. The Morgan fingerprint density at radius 1 is 1.25 bits per heavy atom. The van der Waals surface area contributed by atoms with Gasteiger partial charge in [-0.1, -0.05) is 0 Å². The van der Waals surface area contributed by atoms with E-state index in [9.17, 15) is 0 Å². The molecule has 0 aliphatic carbocycles. The fourth-order valence-electron chi connectivity index (χ4n) is 0.647. The molecule has 3 heteroatoms. The third kappa shape index (κ3) is 2.08. The van der Waals surface area contributed by atoms with Gasteiger partial charge >= 0.3 is 0 Å². The summed E-state index contributed by atoms with van der Waals surface area (Å²) in [5, 5.41) is 17.1. The van der Waals surface area contributed by atoms with Crippen molar-refractivity contribution in [1.82, 2.24) is 0 Å². The standard InChI is InChI=1S/C9H12N2O/c1-7(8(5-10)6-11)9(2,3)12-4/h1-4H3. The van der Waals surface area contributed by atoms with Crippen molar-refractivity contribution in [3.8, 4) is 12.1 Å². The molecular weight excluding hydrogens is 152 g/mol. The molecule has 0 radical (unpaired) electrons. The van der Waals surface area contributed by atoms with Crippen LogP contribution in [0.25, 0.3) is 0 Å². The second-order valence-corrected chi connectivity index (χ2v) is 2.94. The Bertz CT molecular complexity index is 260. The molecule has 0 aliphatic heterocycles. The number of allylic oxidation sites excluding steroid dienone is 1. The Balaban J connectivity index is 5.07. The third-order valence-electron chi connectivity index (χ3n) is 2.01. The van der Waals surface area contributed by atoms with Crippen LogP contribution in [0, 0.1) is 22.7 Å². The van der Waals surface area contributed by atoms with E-state index in [1.165, 1.54) is 0 Å². The number of nitriles is 2. The lowest BCUT2D eigenvalue weighted by molar-refractivity contribution is 0.0547. The molecule has 64 valence electrons. The van der Waals surface area contributed by atoms with Crippen LogP contribution < -0.4 is 0 Å². The summed E-state index contributed by atoms with van der Waals surface area (Å²) < 4.78 is 5.12. The molecule has 0 N–H and O–H groups in total. The van der Waals surface area contributed by atoms with Crippen LogP contribution in [0.1, 0.15) is 20.8 Å². The van der Waals surface area contributed by atoms with Crippen molar-refractivity contribution in [3.05, 3.63) is 11.1 Å². The molecule has 0 aliphatic rings. The highest BCUT2D eigenvalue weighted by atomic mass is 16.5. The molecular formula is C9H12N2O. The van der Waals surface area contributed by atoms with E-state index < -0.39 is 5.60 Å². The quantitative estimate of drug-likeness (QED) is 0.584. The van der Waals surface area contributed by atoms with Crippen LogP contribution in [0.2, 0.25) is 0 Å². The molecule has 0 heterocycles. The number of rotatable bonds is 2. The summed E-state index contributed by atoms with van der Waals surface area (Å²) >= 11 is 0. The summed E-state index contributed by atoms with van der Waals surface area (Å²) in [6.45, 7) is 5.36. The van der Waals surface area contributed by atoms with E-state index in [0.29, 0.717) is 5.57 Å². The van der Waals surface area contributed by atoms with Gasteiger partial charge in [0.1, 0.15) is 17.7 Å². The van der Waals surface area contributed by atoms with Gasteiger partial charge < -0.3 is 4.74 Å². The number of methoxy groups -OCH3 is 1. The first kappa shape index (κ1) is 10.7. The van der Waals surface area contributed by atoms with E-state index >= 15 is 0 Å². The Hall–Kier alpha value is -1.32. The van der Waals surface area contributed by atoms with Crippen LogP contribution in [0.5, 0.6) is 0 Å². The van der Waals surface area contributed by atoms with Crippen molar-refractivity contribution in [2.24, 2.45) is 0 Å². The zero-order chi connectivity index (χ0) is 9.78. The summed E-state index contributed by atoms with van der Waals surface area (Å²) in [6.07, 6.45) is 0. The Morgan fingerprint density at radius 3 is 1.92 bits per heavy atom. The van der Waals surface area contributed by atoms with Gasteiger partial charge in [0.25, 0.3) is 0 Å². The van der Waals surface area contributed by atoms with E-state index in [2.05, 4.69) is 0 Å². The van der Waals surface area contributed by atoms with E-state index in [4.69, 9.17) is 15.3 Å². The van der Waals surface area contributed by atoms with Gasteiger partial charge in [0.15, 0.2) is 0 Å². The normalized spacial score (nSPS) is 9.83. The van der Waals surface area contributed by atoms with Gasteiger partial charge in [-0.05, 0) is 26.3 Å². The average Bonchev–Trinajstić information content (AvgIpc) is 2.06. The summed E-state index contributed by atoms with van der Waals surface area (Å²) in [5.41, 5.74) is 0.248. The third-order valence-corrected chi connectivity index (χ3v) is 2.01. The fraction of sp³-hybridized carbons (Fsp3) is 0.556. The molecule has 0 rings (SSSR count). The molecule has 0 saturated heterocycles. The molecule has 0 fully saturated rings. The lowest BCUT2D eigenvalue weighted by Gasteiger charge is -2.23. The molecule has 0 bridgehead atoms. The molecule has 0 amide bonds. The van der Waals surface area contributed by atoms with Crippen molar-refractivity contribution in [3.63, 3.8) is 0 Å². The Labute approximate surface area is 72.9 Å². The van der Waals surface area contributed by atoms with Gasteiger partial charge in [-0.25, -0.2) is 0 Å². The maximum absolute atomic E-state index is 8.57. The first-order chi connectivity index (χ1) is 5.49. The highest BCUT2D eigenvalue weighted by Gasteiger charge is 2.22. The summed E-state index contributed by atoms with van der Waals surface area (Å²) in [5.74, 6) is 0. The molecule has 0 unspecified atom stereocenters. The molecule has 0 saturated carbocycles. The fourth-order valence-corrected chi connectivity index (χ4v) is 0.647. The van der Waals surface area contributed by atoms with Crippen LogP contribution >= 0.6 is 0 Å². The van der Waals surface area contributed by atoms with Crippen molar-refractivity contribution in [1.29, 1.82) is 10.5 Å². The van der Waals surface area contributed by atoms with Gasteiger partial charge in [0.05, 0.1) is 5.60 Å². The number of hydrogen-bond acceptors (Lipinski definition) is 3. The maximum atomic E-state index is 8.57. The number of ether oxygens (including phenoxy) is 1. The zero-order valence-corrected chi connectivity index (χ0v) is 7.80. The number of hydrogen-bond donors (Lipinski definition) is 0. The van der Waals surface area contributed by atoms with E-state index in [0.717, 1.165) is 0 Å². The molecule has 0 spiro atoms. The van der Waals surface area contributed by atoms with Gasteiger partial charge in [-0.15, -0.1) is 0 Å². The minimum atomic E-state index is -0.541.